The maximum absolute atomic E-state index is 2.40. The molecule has 296 valence electrons. The van der Waals surface area contributed by atoms with Crippen molar-refractivity contribution in [3.63, 3.8) is 0 Å². The van der Waals surface area contributed by atoms with E-state index in [9.17, 15) is 0 Å². The van der Waals surface area contributed by atoms with E-state index >= 15 is 0 Å². The lowest BCUT2D eigenvalue weighted by Crippen LogP contribution is -2.11. The van der Waals surface area contributed by atoms with Gasteiger partial charge in [0.25, 0.3) is 0 Å². The van der Waals surface area contributed by atoms with E-state index in [2.05, 4.69) is 263 Å². The van der Waals surface area contributed by atoms with Crippen molar-refractivity contribution >= 4 is 60.7 Å². The van der Waals surface area contributed by atoms with E-state index in [1.165, 1.54) is 65.9 Å². The number of hydrogen-bond acceptors (Lipinski definition) is 1. The van der Waals surface area contributed by atoms with E-state index in [0.717, 1.165) is 39.6 Å². The fraction of sp³-hybridized carbons (Fsp3) is 0. The normalized spacial score (nSPS) is 11.5. The quantitative estimate of drug-likeness (QED) is 0.149. The summed E-state index contributed by atoms with van der Waals surface area (Å²) >= 11 is 0. The van der Waals surface area contributed by atoms with E-state index in [0.29, 0.717) is 0 Å². The largest absolute Gasteiger partial charge is 0.310 e. The molecule has 3 nitrogen and oxygen atoms in total. The summed E-state index contributed by atoms with van der Waals surface area (Å²) in [6.45, 7) is 0. The molecule has 12 aromatic rings. The predicted octanol–water partition coefficient (Wildman–Crippen LogP) is 16.4. The summed E-state index contributed by atoms with van der Waals surface area (Å²) in [6, 6.07) is 90.1. The highest BCUT2D eigenvalue weighted by Gasteiger charge is 2.20. The Labute approximate surface area is 366 Å². The fourth-order valence-electron chi connectivity index (χ4n) is 9.58. The Morgan fingerprint density at radius 1 is 0.254 bits per heavy atom. The molecule has 0 aliphatic heterocycles. The van der Waals surface area contributed by atoms with E-state index in [1.807, 2.05) is 0 Å². The summed E-state index contributed by atoms with van der Waals surface area (Å²) in [5.41, 5.74) is 17.4. The van der Waals surface area contributed by atoms with Crippen molar-refractivity contribution in [1.82, 2.24) is 9.13 Å². The van der Waals surface area contributed by atoms with Gasteiger partial charge in [0.05, 0.1) is 27.8 Å². The van der Waals surface area contributed by atoms with Crippen LogP contribution < -0.4 is 4.90 Å². The molecular weight excluding hydrogens is 763 g/mol. The Bertz CT molecular complexity index is 3580. The van der Waals surface area contributed by atoms with Gasteiger partial charge in [0.2, 0.25) is 0 Å². The van der Waals surface area contributed by atoms with Crippen molar-refractivity contribution in [3.05, 3.63) is 249 Å². The first kappa shape index (κ1) is 36.5. The van der Waals surface area contributed by atoms with Crippen molar-refractivity contribution in [2.24, 2.45) is 0 Å². The van der Waals surface area contributed by atoms with Crippen LogP contribution in [0, 0.1) is 0 Å². The Hall–Kier alpha value is -8.40. The van der Waals surface area contributed by atoms with Crippen LogP contribution in [0.2, 0.25) is 0 Å². The molecule has 0 aliphatic carbocycles. The number of benzene rings is 10. The highest BCUT2D eigenvalue weighted by atomic mass is 15.1. The molecule has 0 fully saturated rings. The predicted molar refractivity (Wildman–Crippen MR) is 266 cm³/mol. The maximum atomic E-state index is 2.40. The maximum Gasteiger partial charge on any atom is 0.0547 e. The van der Waals surface area contributed by atoms with Gasteiger partial charge in [-0.15, -0.1) is 0 Å². The molecule has 0 spiro atoms. The third-order valence-electron chi connectivity index (χ3n) is 12.5. The van der Waals surface area contributed by atoms with Gasteiger partial charge in [-0.25, -0.2) is 0 Å². The van der Waals surface area contributed by atoms with Crippen molar-refractivity contribution in [2.75, 3.05) is 4.90 Å². The molecule has 10 aromatic carbocycles. The zero-order valence-corrected chi connectivity index (χ0v) is 34.5. The molecule has 0 radical (unpaired) electrons. The SMILES string of the molecule is c1ccc(-c2ccc(N(c3ccc(-c4ccc5c(c4)c4ccccc4n5-c4ccccc4)cc3)c3ccccc3-c3ccc4c5ccccc5n(-c5ccccc5)c4c3)cc2)cc1. The zero-order chi connectivity index (χ0) is 41.7. The molecule has 0 aliphatic rings. The topological polar surface area (TPSA) is 13.1 Å². The van der Waals surface area contributed by atoms with Crippen LogP contribution in [0.15, 0.2) is 249 Å². The van der Waals surface area contributed by atoms with Crippen molar-refractivity contribution in [3.8, 4) is 44.8 Å². The molecule has 63 heavy (non-hydrogen) atoms. The number of nitrogens with zero attached hydrogens (tertiary/aromatic N) is 3. The van der Waals surface area contributed by atoms with Crippen molar-refractivity contribution < 1.29 is 0 Å². The van der Waals surface area contributed by atoms with E-state index in [-0.39, 0.29) is 0 Å². The van der Waals surface area contributed by atoms with Crippen molar-refractivity contribution in [1.29, 1.82) is 0 Å². The van der Waals surface area contributed by atoms with Crippen LogP contribution >= 0.6 is 0 Å². The minimum Gasteiger partial charge on any atom is -0.310 e. The number of fused-ring (bicyclic) bond motifs is 6. The fourth-order valence-corrected chi connectivity index (χ4v) is 9.58. The number of anilines is 3. The molecule has 0 amide bonds. The molecule has 12 rings (SSSR count). The van der Waals surface area contributed by atoms with Crippen LogP contribution in [0.4, 0.5) is 17.1 Å². The summed E-state index contributed by atoms with van der Waals surface area (Å²) in [5, 5.41) is 4.98. The first-order valence-electron chi connectivity index (χ1n) is 21.6. The summed E-state index contributed by atoms with van der Waals surface area (Å²) in [6.07, 6.45) is 0. The Morgan fingerprint density at radius 3 is 1.32 bits per heavy atom. The highest BCUT2D eigenvalue weighted by Crippen LogP contribution is 2.44. The van der Waals surface area contributed by atoms with Crippen LogP contribution in [-0.4, -0.2) is 9.13 Å². The lowest BCUT2D eigenvalue weighted by Gasteiger charge is -2.28. The Kier molecular flexibility index (Phi) is 8.83. The second-order valence-electron chi connectivity index (χ2n) is 16.2. The number of rotatable bonds is 8. The molecule has 0 bridgehead atoms. The molecule has 0 unspecified atom stereocenters. The van der Waals surface area contributed by atoms with Gasteiger partial charge in [-0.05, 0) is 113 Å². The molecular formula is C60H41N3. The molecule has 0 saturated heterocycles. The lowest BCUT2D eigenvalue weighted by atomic mass is 9.99. The average molecular weight is 804 g/mol. The molecule has 0 N–H and O–H groups in total. The lowest BCUT2D eigenvalue weighted by molar-refractivity contribution is 1.18. The van der Waals surface area contributed by atoms with Crippen LogP contribution in [-0.2, 0) is 0 Å². The molecule has 0 saturated carbocycles. The summed E-state index contributed by atoms with van der Waals surface area (Å²) in [7, 11) is 0. The smallest absolute Gasteiger partial charge is 0.0547 e. The van der Waals surface area contributed by atoms with Gasteiger partial charge in [-0.2, -0.15) is 0 Å². The van der Waals surface area contributed by atoms with E-state index in [1.54, 1.807) is 0 Å². The second-order valence-corrected chi connectivity index (χ2v) is 16.2. The van der Waals surface area contributed by atoms with Crippen LogP contribution in [0.3, 0.4) is 0 Å². The third kappa shape index (κ3) is 6.29. The minimum absolute atomic E-state index is 1.08. The number of para-hydroxylation sites is 5. The van der Waals surface area contributed by atoms with Gasteiger partial charge in [-0.1, -0.05) is 164 Å². The van der Waals surface area contributed by atoms with E-state index in [4.69, 9.17) is 0 Å². The summed E-state index contributed by atoms with van der Waals surface area (Å²) < 4.78 is 4.77. The summed E-state index contributed by atoms with van der Waals surface area (Å²) in [4.78, 5) is 2.40. The monoisotopic (exact) mass is 803 g/mol. The van der Waals surface area contributed by atoms with Gasteiger partial charge >= 0.3 is 0 Å². The second kappa shape index (κ2) is 15.3. The van der Waals surface area contributed by atoms with Gasteiger partial charge < -0.3 is 14.0 Å². The van der Waals surface area contributed by atoms with Gasteiger partial charge in [-0.3, -0.25) is 0 Å². The minimum atomic E-state index is 1.08. The first-order valence-corrected chi connectivity index (χ1v) is 21.6. The summed E-state index contributed by atoms with van der Waals surface area (Å²) in [5.74, 6) is 0. The van der Waals surface area contributed by atoms with E-state index < -0.39 is 0 Å². The van der Waals surface area contributed by atoms with Crippen LogP contribution in [0.5, 0.6) is 0 Å². The number of hydrogen-bond donors (Lipinski definition) is 0. The molecule has 2 heterocycles. The third-order valence-corrected chi connectivity index (χ3v) is 12.5. The highest BCUT2D eigenvalue weighted by molar-refractivity contribution is 6.11. The zero-order valence-electron chi connectivity index (χ0n) is 34.5. The standard InChI is InChI=1S/C60H41N3/c1-4-16-42(17-5-1)43-28-34-49(35-29-43)61(50-36-30-44(31-37-50)45-33-39-59-55(40-45)53-24-12-15-27-58(53)62(59)47-18-6-2-7-19-47)56-25-13-10-22-51(56)46-32-38-54-52-23-11-14-26-57(52)63(60(54)41-46)48-20-8-3-9-21-48/h1-41H. The molecule has 0 atom stereocenters. The van der Waals surface area contributed by atoms with Crippen molar-refractivity contribution in [2.45, 2.75) is 0 Å². The molecule has 2 aromatic heterocycles. The number of aromatic nitrogens is 2. The Morgan fingerprint density at radius 2 is 0.683 bits per heavy atom. The van der Waals surface area contributed by atoms with Gasteiger partial charge in [0, 0.05) is 49.9 Å². The first-order chi connectivity index (χ1) is 31.3. The van der Waals surface area contributed by atoms with Crippen LogP contribution in [0.25, 0.3) is 88.4 Å². The van der Waals surface area contributed by atoms with Gasteiger partial charge in [0.15, 0.2) is 0 Å². The molecule has 3 heteroatoms. The average Bonchev–Trinajstić information content (AvgIpc) is 3.88. The van der Waals surface area contributed by atoms with Gasteiger partial charge in [0.1, 0.15) is 0 Å². The Balaban J connectivity index is 0.991. The van der Waals surface area contributed by atoms with Crippen LogP contribution in [0.1, 0.15) is 0 Å².